The van der Waals surface area contributed by atoms with E-state index in [0.717, 1.165) is 58.1 Å². The molecule has 0 atom stereocenters. The third kappa shape index (κ3) is 7.65. The lowest BCUT2D eigenvalue weighted by molar-refractivity contribution is -0.384. The Morgan fingerprint density at radius 2 is 1.81 bits per heavy atom. The van der Waals surface area contributed by atoms with E-state index in [4.69, 9.17) is 0 Å². The molecule has 1 saturated heterocycles. The Kier molecular flexibility index (Phi) is 8.64. The molecule has 37 heavy (non-hydrogen) atoms. The second kappa shape index (κ2) is 11.9. The molecule has 10 nitrogen and oxygen atoms in total. The number of ether oxygens (including phenoxy) is 1. The van der Waals surface area contributed by atoms with Crippen molar-refractivity contribution in [2.75, 3.05) is 50.4 Å². The van der Waals surface area contributed by atoms with Gasteiger partial charge in [0.15, 0.2) is 0 Å². The second-order valence-electron chi connectivity index (χ2n) is 9.59. The zero-order valence-electron chi connectivity index (χ0n) is 20.7. The Labute approximate surface area is 213 Å². The fourth-order valence-electron chi connectivity index (χ4n) is 4.91. The van der Waals surface area contributed by atoms with Gasteiger partial charge in [-0.3, -0.25) is 15.0 Å². The number of para-hydroxylation sites is 1. The number of alkyl halides is 3. The topological polar surface area (TPSA) is 109 Å². The molecule has 13 heteroatoms. The van der Waals surface area contributed by atoms with Crippen molar-refractivity contribution in [1.29, 1.82) is 0 Å². The smallest absolute Gasteiger partial charge is 0.405 e. The molecule has 2 heterocycles. The third-order valence-electron chi connectivity index (χ3n) is 7.03. The number of benzene rings is 1. The van der Waals surface area contributed by atoms with Gasteiger partial charge in [-0.1, -0.05) is 18.2 Å². The van der Waals surface area contributed by atoms with Crippen LogP contribution in [0.1, 0.15) is 31.2 Å². The van der Waals surface area contributed by atoms with E-state index in [1.54, 1.807) is 6.07 Å². The quantitative estimate of drug-likeness (QED) is 0.371. The molecule has 1 aromatic heterocycles. The molecule has 1 aliphatic carbocycles. The van der Waals surface area contributed by atoms with Crippen LogP contribution in [0.2, 0.25) is 0 Å². The third-order valence-corrected chi connectivity index (χ3v) is 7.03. The standard InChI is InChI=1S/C24H32F3N7O3/c1-32-10-12-33(13-11-32)19-8-6-17(7-9-19)14-28-22-20(34(35)36)16-30-23(31-22)29-15-18-4-2-3-5-21(18)37-24(25,26)27/h2-5,16-17,19H,6-15H2,1H3,(H2,28,29,30,31)/t17-,19-. The summed E-state index contributed by atoms with van der Waals surface area (Å²) in [6.07, 6.45) is 0.553. The number of hydrogen-bond donors (Lipinski definition) is 2. The molecule has 0 spiro atoms. The summed E-state index contributed by atoms with van der Waals surface area (Å²) in [5.74, 6) is 0.188. The Morgan fingerprint density at radius 3 is 2.49 bits per heavy atom. The minimum absolute atomic E-state index is 0.0557. The molecule has 202 valence electrons. The molecule has 2 aliphatic rings. The van der Waals surface area contributed by atoms with Crippen LogP contribution in [0.3, 0.4) is 0 Å². The first-order valence-electron chi connectivity index (χ1n) is 12.4. The second-order valence-corrected chi connectivity index (χ2v) is 9.59. The van der Waals surface area contributed by atoms with Crippen LogP contribution < -0.4 is 15.4 Å². The minimum atomic E-state index is -4.82. The lowest BCUT2D eigenvalue weighted by atomic mass is 9.85. The number of likely N-dealkylation sites (N-methyl/N-ethyl adjacent to an activating group) is 1. The summed E-state index contributed by atoms with van der Waals surface area (Å²) in [6, 6.07) is 6.32. The lowest BCUT2D eigenvalue weighted by Gasteiger charge is -2.41. The fourth-order valence-corrected chi connectivity index (χ4v) is 4.91. The van der Waals surface area contributed by atoms with Crippen LogP contribution in [0, 0.1) is 16.0 Å². The number of hydrogen-bond acceptors (Lipinski definition) is 9. The zero-order chi connectivity index (χ0) is 26.4. The van der Waals surface area contributed by atoms with Gasteiger partial charge in [0.2, 0.25) is 11.8 Å². The lowest BCUT2D eigenvalue weighted by Crippen LogP contribution is -2.50. The van der Waals surface area contributed by atoms with E-state index in [1.807, 2.05) is 0 Å². The van der Waals surface area contributed by atoms with Crippen LogP contribution in [0.25, 0.3) is 0 Å². The monoisotopic (exact) mass is 523 g/mol. The molecule has 2 aromatic rings. The molecule has 1 aliphatic heterocycles. The van der Waals surface area contributed by atoms with Crippen molar-refractivity contribution >= 4 is 17.5 Å². The van der Waals surface area contributed by atoms with Crippen LogP contribution in [-0.4, -0.2) is 76.9 Å². The summed E-state index contributed by atoms with van der Waals surface area (Å²) in [4.78, 5) is 24.1. The van der Waals surface area contributed by atoms with E-state index in [0.29, 0.717) is 18.5 Å². The van der Waals surface area contributed by atoms with Crippen LogP contribution >= 0.6 is 0 Å². The molecule has 1 saturated carbocycles. The predicted molar refractivity (Wildman–Crippen MR) is 132 cm³/mol. The normalized spacial score (nSPS) is 21.4. The van der Waals surface area contributed by atoms with Gasteiger partial charge in [0, 0.05) is 50.9 Å². The summed E-state index contributed by atoms with van der Waals surface area (Å²) in [5.41, 5.74) is -0.00845. The Bertz CT molecular complexity index is 1060. The largest absolute Gasteiger partial charge is 0.573 e. The first-order chi connectivity index (χ1) is 17.7. The van der Waals surface area contributed by atoms with Crippen molar-refractivity contribution in [3.8, 4) is 5.75 Å². The number of halogens is 3. The number of aromatic nitrogens is 2. The van der Waals surface area contributed by atoms with Gasteiger partial charge in [0.05, 0.1) is 4.92 Å². The van der Waals surface area contributed by atoms with Crippen molar-refractivity contribution in [2.24, 2.45) is 5.92 Å². The van der Waals surface area contributed by atoms with Crippen molar-refractivity contribution in [1.82, 2.24) is 19.8 Å². The SMILES string of the molecule is CN1CCN([C@H]2CC[C@H](CNc3nc(NCc4ccccc4OC(F)(F)F)ncc3[N+](=O)[O-])CC2)CC1. The summed E-state index contributed by atoms with van der Waals surface area (Å²) in [6.45, 7) is 4.88. The van der Waals surface area contributed by atoms with Gasteiger partial charge in [0.25, 0.3) is 0 Å². The van der Waals surface area contributed by atoms with Gasteiger partial charge in [-0.25, -0.2) is 4.98 Å². The minimum Gasteiger partial charge on any atom is -0.405 e. The highest BCUT2D eigenvalue weighted by Crippen LogP contribution is 2.30. The molecule has 2 N–H and O–H groups in total. The van der Waals surface area contributed by atoms with Crippen molar-refractivity contribution in [3.63, 3.8) is 0 Å². The fraction of sp³-hybridized carbons (Fsp3) is 0.583. The number of nitro groups is 1. The molecular weight excluding hydrogens is 491 g/mol. The van der Waals surface area contributed by atoms with E-state index in [-0.39, 0.29) is 35.3 Å². The number of nitrogens with zero attached hydrogens (tertiary/aromatic N) is 5. The van der Waals surface area contributed by atoms with Crippen LogP contribution in [-0.2, 0) is 6.54 Å². The Morgan fingerprint density at radius 1 is 1.11 bits per heavy atom. The molecule has 2 fully saturated rings. The molecular formula is C24H32F3N7O3. The van der Waals surface area contributed by atoms with Gasteiger partial charge >= 0.3 is 12.0 Å². The van der Waals surface area contributed by atoms with Crippen molar-refractivity contribution in [3.05, 3.63) is 46.1 Å². The van der Waals surface area contributed by atoms with E-state index < -0.39 is 11.3 Å². The molecule has 4 rings (SSSR count). The van der Waals surface area contributed by atoms with Crippen LogP contribution in [0.5, 0.6) is 5.75 Å². The van der Waals surface area contributed by atoms with E-state index in [9.17, 15) is 23.3 Å². The average molecular weight is 524 g/mol. The molecule has 0 bridgehead atoms. The average Bonchev–Trinajstić information content (AvgIpc) is 2.87. The van der Waals surface area contributed by atoms with E-state index in [2.05, 4.69) is 42.2 Å². The maximum atomic E-state index is 12.7. The Hall–Kier alpha value is -3.19. The summed E-state index contributed by atoms with van der Waals surface area (Å²) >= 11 is 0. The number of piperazine rings is 1. The van der Waals surface area contributed by atoms with Crippen molar-refractivity contribution in [2.45, 2.75) is 44.6 Å². The van der Waals surface area contributed by atoms with Gasteiger partial charge < -0.3 is 20.3 Å². The maximum absolute atomic E-state index is 12.7. The first kappa shape index (κ1) is 26.9. The van der Waals surface area contributed by atoms with Gasteiger partial charge in [0.1, 0.15) is 11.9 Å². The molecule has 1 aromatic carbocycles. The molecule has 0 amide bonds. The molecule has 0 radical (unpaired) electrons. The maximum Gasteiger partial charge on any atom is 0.573 e. The van der Waals surface area contributed by atoms with Crippen molar-refractivity contribution < 1.29 is 22.8 Å². The van der Waals surface area contributed by atoms with Crippen LogP contribution in [0.15, 0.2) is 30.5 Å². The van der Waals surface area contributed by atoms with E-state index in [1.165, 1.54) is 18.2 Å². The highest BCUT2D eigenvalue weighted by Gasteiger charge is 2.32. The number of nitrogens with one attached hydrogen (secondary N) is 2. The van der Waals surface area contributed by atoms with Crippen LogP contribution in [0.4, 0.5) is 30.6 Å². The van der Waals surface area contributed by atoms with Gasteiger partial charge in [-0.15, -0.1) is 13.2 Å². The van der Waals surface area contributed by atoms with Gasteiger partial charge in [-0.2, -0.15) is 4.98 Å². The predicted octanol–water partition coefficient (Wildman–Crippen LogP) is 4.11. The van der Waals surface area contributed by atoms with E-state index >= 15 is 0 Å². The summed E-state index contributed by atoms with van der Waals surface area (Å²) in [5, 5.41) is 17.5. The number of anilines is 2. The summed E-state index contributed by atoms with van der Waals surface area (Å²) < 4.78 is 42.1. The number of rotatable bonds is 9. The zero-order valence-corrected chi connectivity index (χ0v) is 20.7. The molecule has 0 unspecified atom stereocenters. The highest BCUT2D eigenvalue weighted by atomic mass is 19.4. The highest BCUT2D eigenvalue weighted by molar-refractivity contribution is 5.57. The first-order valence-corrected chi connectivity index (χ1v) is 12.4. The Balaban J connectivity index is 1.34. The summed E-state index contributed by atoms with van der Waals surface area (Å²) in [7, 11) is 2.15. The van der Waals surface area contributed by atoms with Gasteiger partial charge in [-0.05, 0) is 44.7 Å².